The summed E-state index contributed by atoms with van der Waals surface area (Å²) in [6, 6.07) is 5.67. The van der Waals surface area contributed by atoms with Gasteiger partial charge in [-0.2, -0.15) is 4.39 Å². The van der Waals surface area contributed by atoms with Crippen molar-refractivity contribution in [2.75, 3.05) is 0 Å². The molecule has 3 nitrogen and oxygen atoms in total. The van der Waals surface area contributed by atoms with E-state index in [1.165, 1.54) is 25.3 Å². The number of aromatic nitrogens is 1. The Kier molecular flexibility index (Phi) is 4.97. The van der Waals surface area contributed by atoms with Gasteiger partial charge >= 0.3 is 0 Å². The first-order chi connectivity index (χ1) is 12.6. The number of carbonyl (C=O) groups excluding carboxylic acids is 1. The predicted molar refractivity (Wildman–Crippen MR) is 92.6 cm³/mol. The Balaban J connectivity index is 2.01. The number of halogens is 4. The number of hydrogen-bond acceptors (Lipinski definition) is 2. The van der Waals surface area contributed by atoms with E-state index in [2.05, 4.69) is 4.98 Å². The number of nitrogens with two attached hydrogens (primary N) is 1. The third-order valence-corrected chi connectivity index (χ3v) is 5.57. The van der Waals surface area contributed by atoms with Crippen LogP contribution in [-0.2, 0) is 11.8 Å². The summed E-state index contributed by atoms with van der Waals surface area (Å²) in [6.07, 6.45) is 1.40. The molecule has 0 atom stereocenters. The van der Waals surface area contributed by atoms with Crippen LogP contribution in [0.2, 0.25) is 0 Å². The van der Waals surface area contributed by atoms with Crippen molar-refractivity contribution in [1.82, 2.24) is 4.98 Å². The molecule has 0 radical (unpaired) electrons. The van der Waals surface area contributed by atoms with Gasteiger partial charge in [-0.25, -0.2) is 18.2 Å². The second-order valence-corrected chi connectivity index (χ2v) is 7.26. The predicted octanol–water partition coefficient (Wildman–Crippen LogP) is 4.46. The number of hydrogen-bond donors (Lipinski definition) is 1. The van der Waals surface area contributed by atoms with E-state index >= 15 is 0 Å². The fourth-order valence-corrected chi connectivity index (χ4v) is 3.82. The van der Waals surface area contributed by atoms with Crippen LogP contribution in [0.5, 0.6) is 0 Å². The Labute approximate surface area is 154 Å². The number of benzene rings is 1. The molecule has 1 aliphatic carbocycles. The average molecular weight is 380 g/mol. The molecule has 2 N–H and O–H groups in total. The standard InChI is InChI=1S/C20H20F4N2O/c1-12-13(2-4-15(17(12)22)18(25)27)10-19(6-8-20(23,24)9-7-19)14-3-5-16(21)26-11-14/h2-5,11H,6-10H2,1H3,(H2,25,27). The first kappa shape index (κ1) is 19.3. The van der Waals surface area contributed by atoms with E-state index in [0.29, 0.717) is 11.1 Å². The summed E-state index contributed by atoms with van der Waals surface area (Å²) in [5.41, 5.74) is 5.78. The summed E-state index contributed by atoms with van der Waals surface area (Å²) in [5, 5.41) is 0. The Morgan fingerprint density at radius 3 is 2.33 bits per heavy atom. The van der Waals surface area contributed by atoms with Gasteiger partial charge in [-0.3, -0.25) is 4.79 Å². The Morgan fingerprint density at radius 1 is 1.11 bits per heavy atom. The number of pyridine rings is 1. The van der Waals surface area contributed by atoms with Gasteiger partial charge in [0, 0.05) is 24.5 Å². The van der Waals surface area contributed by atoms with Gasteiger partial charge in [0.1, 0.15) is 5.82 Å². The highest BCUT2D eigenvalue weighted by molar-refractivity contribution is 5.93. The number of amides is 1. The molecule has 3 rings (SSSR count). The fourth-order valence-electron chi connectivity index (χ4n) is 3.82. The lowest BCUT2D eigenvalue weighted by molar-refractivity contribution is -0.0522. The van der Waals surface area contributed by atoms with Crippen molar-refractivity contribution in [2.24, 2.45) is 5.73 Å². The van der Waals surface area contributed by atoms with Crippen molar-refractivity contribution in [3.05, 3.63) is 64.5 Å². The Hall–Kier alpha value is -2.44. The smallest absolute Gasteiger partial charge is 0.251 e. The molecule has 0 bridgehead atoms. The molecule has 1 heterocycles. The summed E-state index contributed by atoms with van der Waals surface area (Å²) in [5.74, 6) is -4.96. The highest BCUT2D eigenvalue weighted by atomic mass is 19.3. The first-order valence-electron chi connectivity index (χ1n) is 8.71. The molecular formula is C20H20F4N2O. The van der Waals surface area contributed by atoms with E-state index in [4.69, 9.17) is 5.73 Å². The van der Waals surface area contributed by atoms with Crippen LogP contribution in [0.15, 0.2) is 30.5 Å². The molecule has 0 aliphatic heterocycles. The van der Waals surface area contributed by atoms with Crippen LogP contribution in [0.25, 0.3) is 0 Å². The number of carbonyl (C=O) groups is 1. The highest BCUT2D eigenvalue weighted by Gasteiger charge is 2.44. The van der Waals surface area contributed by atoms with E-state index in [1.807, 2.05) is 0 Å². The van der Waals surface area contributed by atoms with Gasteiger partial charge in [-0.15, -0.1) is 0 Å². The van der Waals surface area contributed by atoms with E-state index in [1.54, 1.807) is 12.1 Å². The molecule has 0 saturated heterocycles. The summed E-state index contributed by atoms with van der Waals surface area (Å²) in [7, 11) is 0. The van der Waals surface area contributed by atoms with Crippen LogP contribution < -0.4 is 5.73 Å². The maximum absolute atomic E-state index is 14.5. The molecule has 0 unspecified atom stereocenters. The van der Waals surface area contributed by atoms with E-state index in [9.17, 15) is 22.4 Å². The van der Waals surface area contributed by atoms with Crippen molar-refractivity contribution in [1.29, 1.82) is 0 Å². The topological polar surface area (TPSA) is 56.0 Å². The molecular weight excluding hydrogens is 360 g/mol. The molecule has 1 saturated carbocycles. The summed E-state index contributed by atoms with van der Waals surface area (Å²) >= 11 is 0. The van der Waals surface area contributed by atoms with Gasteiger partial charge in [0.25, 0.3) is 5.91 Å². The number of nitrogens with zero attached hydrogens (tertiary/aromatic N) is 1. The molecule has 1 amide bonds. The van der Waals surface area contributed by atoms with Crippen LogP contribution in [0.1, 0.15) is 52.7 Å². The fraction of sp³-hybridized carbons (Fsp3) is 0.400. The van der Waals surface area contributed by atoms with Crippen LogP contribution in [-0.4, -0.2) is 16.8 Å². The van der Waals surface area contributed by atoms with Gasteiger partial charge < -0.3 is 5.73 Å². The maximum Gasteiger partial charge on any atom is 0.251 e. The van der Waals surface area contributed by atoms with E-state index in [0.717, 1.165) is 0 Å². The van der Waals surface area contributed by atoms with Crippen LogP contribution >= 0.6 is 0 Å². The van der Waals surface area contributed by atoms with Gasteiger partial charge in [0.15, 0.2) is 0 Å². The lowest BCUT2D eigenvalue weighted by Gasteiger charge is -2.41. The highest BCUT2D eigenvalue weighted by Crippen LogP contribution is 2.47. The minimum absolute atomic E-state index is 0.173. The number of alkyl halides is 2. The molecule has 1 aromatic carbocycles. The normalized spacial score (nSPS) is 18.3. The summed E-state index contributed by atoms with van der Waals surface area (Å²) in [6.45, 7) is 1.53. The third-order valence-electron chi connectivity index (χ3n) is 5.57. The molecule has 27 heavy (non-hydrogen) atoms. The van der Waals surface area contributed by atoms with Gasteiger partial charge in [-0.05, 0) is 55.0 Å². The third kappa shape index (κ3) is 3.82. The zero-order valence-electron chi connectivity index (χ0n) is 14.9. The number of rotatable bonds is 4. The van der Waals surface area contributed by atoms with Crippen LogP contribution in [0.4, 0.5) is 17.6 Å². The Morgan fingerprint density at radius 2 is 1.78 bits per heavy atom. The average Bonchev–Trinajstić information content (AvgIpc) is 2.61. The Bertz CT molecular complexity index is 855. The molecule has 1 aliphatic rings. The zero-order valence-corrected chi connectivity index (χ0v) is 14.9. The van der Waals surface area contributed by atoms with Gasteiger partial charge in [0.05, 0.1) is 5.56 Å². The summed E-state index contributed by atoms with van der Waals surface area (Å²) in [4.78, 5) is 15.0. The molecule has 7 heteroatoms. The maximum atomic E-state index is 14.5. The monoisotopic (exact) mass is 380 g/mol. The molecule has 2 aromatic rings. The molecule has 0 spiro atoms. The minimum atomic E-state index is -2.74. The minimum Gasteiger partial charge on any atom is -0.366 e. The second kappa shape index (κ2) is 6.94. The SMILES string of the molecule is Cc1c(CC2(c3ccc(F)nc3)CCC(F)(F)CC2)ccc(C(N)=O)c1F. The molecule has 1 aromatic heterocycles. The van der Waals surface area contributed by atoms with Gasteiger partial charge in [-0.1, -0.05) is 12.1 Å². The largest absolute Gasteiger partial charge is 0.366 e. The first-order valence-corrected chi connectivity index (χ1v) is 8.71. The van der Waals surface area contributed by atoms with Crippen molar-refractivity contribution in [3.63, 3.8) is 0 Å². The van der Waals surface area contributed by atoms with Crippen molar-refractivity contribution >= 4 is 5.91 Å². The molecule has 1 fully saturated rings. The van der Waals surface area contributed by atoms with Crippen molar-refractivity contribution in [3.8, 4) is 0 Å². The van der Waals surface area contributed by atoms with Crippen LogP contribution in [0.3, 0.4) is 0 Å². The lowest BCUT2D eigenvalue weighted by atomic mass is 9.65. The molecule has 144 valence electrons. The van der Waals surface area contributed by atoms with E-state index in [-0.39, 0.29) is 43.2 Å². The van der Waals surface area contributed by atoms with Crippen LogP contribution in [0, 0.1) is 18.7 Å². The van der Waals surface area contributed by atoms with Gasteiger partial charge in [0.2, 0.25) is 11.9 Å². The van der Waals surface area contributed by atoms with Crippen molar-refractivity contribution in [2.45, 2.75) is 50.4 Å². The van der Waals surface area contributed by atoms with E-state index < -0.39 is 29.0 Å². The number of primary amides is 1. The zero-order chi connectivity index (χ0) is 19.8. The van der Waals surface area contributed by atoms with Crippen molar-refractivity contribution < 1.29 is 22.4 Å². The summed E-state index contributed by atoms with van der Waals surface area (Å²) < 4.78 is 55.3. The quantitative estimate of drug-likeness (QED) is 0.629. The second-order valence-electron chi connectivity index (χ2n) is 7.26. The lowest BCUT2D eigenvalue weighted by Crippen LogP contribution is -2.38.